The van der Waals surface area contributed by atoms with Gasteiger partial charge in [-0.25, -0.2) is 8.78 Å². The molecule has 4 aromatic carbocycles. The lowest BCUT2D eigenvalue weighted by molar-refractivity contribution is -0.138. The van der Waals surface area contributed by atoms with Crippen LogP contribution in [0.25, 0.3) is 22.0 Å². The quantitative estimate of drug-likeness (QED) is 0.0937. The number of hydrogen-bond acceptors (Lipinski definition) is 5. The van der Waals surface area contributed by atoms with Crippen LogP contribution in [-0.2, 0) is 34.5 Å². The Balaban J connectivity index is 1.85. The van der Waals surface area contributed by atoms with E-state index in [0.717, 1.165) is 0 Å². The van der Waals surface area contributed by atoms with Crippen LogP contribution in [-0.4, -0.2) is 59.5 Å². The Kier molecular flexibility index (Phi) is 4.70. The van der Waals surface area contributed by atoms with Gasteiger partial charge in [0.1, 0.15) is 6.54 Å². The van der Waals surface area contributed by atoms with Crippen molar-refractivity contribution in [2.45, 2.75) is 55.6 Å². The highest BCUT2D eigenvalue weighted by atomic mass is 32.2. The molecular formula is C41H40F5N3O3S. The number of carbonyl (C=O) groups excluding carboxylic acids is 1. The number of amides is 1. The van der Waals surface area contributed by atoms with Gasteiger partial charge in [-0.1, -0.05) is 60.4 Å². The summed E-state index contributed by atoms with van der Waals surface area (Å²) in [5.41, 5.74) is -16.6. The molecule has 0 saturated carbocycles. The zero-order valence-electron chi connectivity index (χ0n) is 58.6. The van der Waals surface area contributed by atoms with E-state index in [-0.39, 0.29) is 4.57 Å². The van der Waals surface area contributed by atoms with Gasteiger partial charge in [-0.3, -0.25) is 9.59 Å². The Bertz CT molecular complexity index is 3650. The van der Waals surface area contributed by atoms with Crippen molar-refractivity contribution in [3.8, 4) is 11.1 Å². The number of nitrogens with zero attached hydrogens (tertiary/aromatic N) is 3. The average Bonchev–Trinajstić information content (AvgIpc) is 0.680. The van der Waals surface area contributed by atoms with E-state index >= 15 is 13.6 Å². The maximum absolute atomic E-state index is 15.9. The van der Waals surface area contributed by atoms with Gasteiger partial charge in [0.15, 0.2) is 17.1 Å². The van der Waals surface area contributed by atoms with Crippen molar-refractivity contribution < 1.29 is 75.3 Å². The fraction of sp³-hybridized carbons (Fsp3) is 0.317. The molecule has 0 N–H and O–H groups in total. The highest BCUT2D eigenvalue weighted by molar-refractivity contribution is 7.98. The molecule has 278 valence electrons. The van der Waals surface area contributed by atoms with Crippen molar-refractivity contribution in [3.05, 3.63) is 135 Å². The molecule has 0 aliphatic carbocycles. The summed E-state index contributed by atoms with van der Waals surface area (Å²) in [6.45, 7) is -25.0. The van der Waals surface area contributed by atoms with Gasteiger partial charge < -0.3 is 19.1 Å². The molecule has 6 nitrogen and oxygen atoms in total. The van der Waals surface area contributed by atoms with Crippen molar-refractivity contribution in [2.24, 2.45) is 0 Å². The number of likely N-dealkylation sites (tertiary alicyclic amines) is 1. The predicted octanol–water partition coefficient (Wildman–Crippen LogP) is 8.71. The number of ether oxygens (including phenoxy) is 1. The summed E-state index contributed by atoms with van der Waals surface area (Å²) in [6, 6.07) is -29.2. The number of halogens is 5. The van der Waals surface area contributed by atoms with Crippen molar-refractivity contribution >= 4 is 28.6 Å². The molecule has 1 aromatic heterocycles. The normalized spacial score (nSPS) is 28.4. The molecule has 6 rings (SSSR count). The molecule has 12 heteroatoms. The Morgan fingerprint density at radius 1 is 1.02 bits per heavy atom. The number of alkyl halides is 3. The van der Waals surface area contributed by atoms with Crippen LogP contribution in [0.3, 0.4) is 0 Å². The molecule has 1 aliphatic heterocycles. The van der Waals surface area contributed by atoms with Gasteiger partial charge in [0.25, 0.3) is 0 Å². The van der Waals surface area contributed by atoms with Gasteiger partial charge in [-0.05, 0) is 66.1 Å². The Hall–Kier alpha value is -4.52. The van der Waals surface area contributed by atoms with E-state index in [0.29, 0.717) is 14.0 Å². The molecule has 5 aromatic rings. The van der Waals surface area contributed by atoms with E-state index in [1.165, 1.54) is 0 Å². The van der Waals surface area contributed by atoms with E-state index in [1.54, 1.807) is 0 Å². The maximum Gasteiger partial charge on any atom is 0.416 e. The Morgan fingerprint density at radius 3 is 2.45 bits per heavy atom. The van der Waals surface area contributed by atoms with Crippen molar-refractivity contribution in [1.82, 2.24) is 14.4 Å². The number of piperidine rings is 1. The molecule has 1 fully saturated rings. The lowest BCUT2D eigenvalue weighted by atomic mass is 9.98. The lowest BCUT2D eigenvalue weighted by Gasteiger charge is -2.39. The zero-order valence-corrected chi connectivity index (χ0v) is 27.4. The third-order valence-corrected chi connectivity index (χ3v) is 7.45. The number of pyridine rings is 1. The van der Waals surface area contributed by atoms with Crippen LogP contribution in [0, 0.1) is 18.6 Å². The molecule has 0 radical (unpaired) electrons. The van der Waals surface area contributed by atoms with E-state index in [4.69, 9.17) is 34.3 Å². The van der Waals surface area contributed by atoms with Crippen LogP contribution in [0.1, 0.15) is 78.9 Å². The summed E-state index contributed by atoms with van der Waals surface area (Å²) >= 11 is -0.735. The predicted molar refractivity (Wildman–Crippen MR) is 198 cm³/mol. The number of carbonyl (C=O) groups is 1. The highest BCUT2D eigenvalue weighted by Gasteiger charge is 2.32. The van der Waals surface area contributed by atoms with Gasteiger partial charge in [0.2, 0.25) is 5.91 Å². The average molecular weight is 782 g/mol. The molecule has 0 bridgehead atoms. The maximum atomic E-state index is 15.9. The van der Waals surface area contributed by atoms with Crippen LogP contribution in [0.2, 0.25) is 0 Å². The van der Waals surface area contributed by atoms with Crippen molar-refractivity contribution in [2.75, 3.05) is 33.2 Å². The molecular weight excluding hydrogens is 710 g/mol. The number of para-hydroxylation sites is 1. The largest absolute Gasteiger partial charge is 0.416 e. The monoisotopic (exact) mass is 781 g/mol. The first-order valence-corrected chi connectivity index (χ1v) is 15.1. The van der Waals surface area contributed by atoms with E-state index in [2.05, 4.69) is 4.74 Å². The minimum atomic E-state index is -5.43. The summed E-state index contributed by atoms with van der Waals surface area (Å²) in [5, 5.41) is -2.92. The fourth-order valence-corrected chi connectivity index (χ4v) is 5.02. The molecule has 53 heavy (non-hydrogen) atoms. The highest BCUT2D eigenvalue weighted by Crippen LogP contribution is 2.34. The number of aromatic nitrogens is 1. The van der Waals surface area contributed by atoms with Crippen LogP contribution < -0.4 is 5.43 Å². The second-order valence-electron chi connectivity index (χ2n) is 10.1. The zero-order chi connectivity index (χ0) is 66.0. The Morgan fingerprint density at radius 2 is 1.74 bits per heavy atom. The molecule has 1 aliphatic rings. The van der Waals surface area contributed by atoms with Gasteiger partial charge in [-0.2, -0.15) is 13.2 Å². The minimum absolute atomic E-state index is 0.0864. The lowest BCUT2D eigenvalue weighted by Crippen LogP contribution is -2.48. The van der Waals surface area contributed by atoms with Gasteiger partial charge in [0.05, 0.1) is 50.1 Å². The number of rotatable bonds is 12. The summed E-state index contributed by atoms with van der Waals surface area (Å²) < 4.78 is 359. The minimum Gasteiger partial charge on any atom is -0.383 e. The molecule has 0 atom stereocenters. The first kappa shape index (κ1) is 15.0. The smallest absolute Gasteiger partial charge is 0.383 e. The summed E-state index contributed by atoms with van der Waals surface area (Å²) in [6.07, 6.45) is -15.6. The number of methoxy groups -OCH3 is 1. The van der Waals surface area contributed by atoms with Crippen LogP contribution in [0.15, 0.2) is 100 Å². The van der Waals surface area contributed by atoms with Gasteiger partial charge >= 0.3 is 6.18 Å². The van der Waals surface area contributed by atoms with Crippen molar-refractivity contribution in [1.29, 1.82) is 0 Å². The number of benzene rings is 4. The molecule has 2 heterocycles. The Labute approximate surface area is 354 Å². The number of thioether (sulfide) groups is 1. The van der Waals surface area contributed by atoms with E-state index < -0.39 is 254 Å². The SMILES string of the molecule is [2H]c1c([2H])c(F)c(F)c(C([2H])([2H])Sc2c([2H])c(=O)c3c([2H])c([2H])c([2H])c([2H])c3n2CC(=O)N(C([2H])([2H])c2c([2H])c([2H])c(-c3c([2H])c([2H])c(C(F)(F)F)c(C)c3[2H])c([2H])c2[2H])C2([2H])C([2H])([2H])C([2H])([2H])N(C([2H])([2H])C([2H])([2H])OC)C([2H])([2H])C2([2H])[2H])c1[2H]. The first-order chi connectivity index (χ1) is 38.1. The second-order valence-corrected chi connectivity index (χ2v) is 10.9. The summed E-state index contributed by atoms with van der Waals surface area (Å²) in [4.78, 5) is 27.7. The number of hydrogen-bond donors (Lipinski definition) is 0. The molecule has 0 unspecified atom stereocenters. The third-order valence-electron chi connectivity index (χ3n) is 6.63. The van der Waals surface area contributed by atoms with Gasteiger partial charge in [0, 0.05) is 78.3 Å². The molecule has 1 saturated heterocycles. The fourth-order valence-electron chi connectivity index (χ4n) is 4.27. The molecule has 0 spiro atoms. The third kappa shape index (κ3) is 9.00. The second kappa shape index (κ2) is 16.7. The van der Waals surface area contributed by atoms with Crippen LogP contribution in [0.4, 0.5) is 22.0 Å². The van der Waals surface area contributed by atoms with Crippen LogP contribution >= 0.6 is 11.8 Å². The first-order valence-electron chi connectivity index (χ1n) is 30.3. The summed E-state index contributed by atoms with van der Waals surface area (Å²) in [7, 11) is 0.422. The standard InChI is InChI=1S/C41H40F5N3O3S/c1-27-22-30(14-15-34(27)41(44,45)46)29-12-10-28(11-13-29)24-48(32-16-18-47(19-17-32)20-21-52-2)38(51)25-49-36-9-4-3-7-33(36)37(50)23-39(49)53-26-31-6-5-8-35(42)40(31)43/h3-15,22-23,32H,16-21,24-26H2,1-2H3/i3D,4D,5D,6D,7D,8D,9D,10D,11D,12D,13D,14D,15D,16D2,17D2,18D2,19D2,20D2,21D2,22D,23D,24D2,26D2,32D. The van der Waals surface area contributed by atoms with Crippen molar-refractivity contribution in [3.63, 3.8) is 0 Å². The number of fused-ring (bicyclic) bond motifs is 1. The molecule has 1 amide bonds. The van der Waals surface area contributed by atoms with Crippen LogP contribution in [0.5, 0.6) is 0 Å². The summed E-state index contributed by atoms with van der Waals surface area (Å²) in [5.74, 6) is -7.31. The van der Waals surface area contributed by atoms with E-state index in [9.17, 15) is 27.6 Å². The van der Waals surface area contributed by atoms with E-state index in [1.807, 2.05) is 0 Å². The van der Waals surface area contributed by atoms with Gasteiger partial charge in [-0.15, -0.1) is 11.8 Å². The topological polar surface area (TPSA) is 54.8 Å².